The van der Waals surface area contributed by atoms with Crippen molar-refractivity contribution >= 4 is 11.8 Å². The lowest BCUT2D eigenvalue weighted by Crippen LogP contribution is -2.56. The average molecular weight is 400 g/mol. The maximum absolute atomic E-state index is 13.0. The zero-order valence-electron chi connectivity index (χ0n) is 18.1. The molecule has 0 aromatic heterocycles. The number of piperidine rings is 1. The highest BCUT2D eigenvalue weighted by Crippen LogP contribution is 2.49. The molecule has 3 aliphatic rings. The zero-order valence-corrected chi connectivity index (χ0v) is 18.1. The topological polar surface area (TPSA) is 53.1 Å². The second kappa shape index (κ2) is 7.63. The first kappa shape index (κ1) is 20.2. The summed E-state index contributed by atoms with van der Waals surface area (Å²) in [4.78, 5) is 32.4. The highest BCUT2D eigenvalue weighted by molar-refractivity contribution is 5.94. The Bertz CT molecular complexity index is 785. The standard InChI is InChI=1S/C23H33N3O3/c1-16(2)13-25-14-19-20(15-25)23(24(3)22(19)28)8-10-26(11-9-23)21(27)17-6-5-7-18(12-17)29-4/h5-7,12,16,19-20H,8-11,13-15H2,1-4H3/t19-,20+/m0/s1. The van der Waals surface area contributed by atoms with E-state index in [1.807, 2.05) is 35.0 Å². The Morgan fingerprint density at radius 3 is 2.62 bits per heavy atom. The number of carbonyl (C=O) groups is 2. The van der Waals surface area contributed by atoms with E-state index in [2.05, 4.69) is 18.7 Å². The van der Waals surface area contributed by atoms with Crippen LogP contribution in [0.5, 0.6) is 5.75 Å². The summed E-state index contributed by atoms with van der Waals surface area (Å²) in [6.07, 6.45) is 1.73. The van der Waals surface area contributed by atoms with Crippen molar-refractivity contribution in [3.05, 3.63) is 29.8 Å². The van der Waals surface area contributed by atoms with Gasteiger partial charge >= 0.3 is 0 Å². The molecular weight excluding hydrogens is 366 g/mol. The van der Waals surface area contributed by atoms with E-state index in [1.54, 1.807) is 13.2 Å². The summed E-state index contributed by atoms with van der Waals surface area (Å²) >= 11 is 0. The van der Waals surface area contributed by atoms with Crippen LogP contribution in [0.15, 0.2) is 24.3 Å². The third kappa shape index (κ3) is 3.41. The van der Waals surface area contributed by atoms with Gasteiger partial charge in [-0.2, -0.15) is 0 Å². The van der Waals surface area contributed by atoms with Crippen molar-refractivity contribution in [1.82, 2.24) is 14.7 Å². The highest BCUT2D eigenvalue weighted by atomic mass is 16.5. The van der Waals surface area contributed by atoms with Crippen LogP contribution in [0.3, 0.4) is 0 Å². The smallest absolute Gasteiger partial charge is 0.253 e. The molecule has 0 unspecified atom stereocenters. The Labute approximate surface area is 173 Å². The Hall–Kier alpha value is -2.08. The van der Waals surface area contributed by atoms with Crippen LogP contribution < -0.4 is 4.74 Å². The third-order valence-corrected chi connectivity index (χ3v) is 7.26. The predicted molar refractivity (Wildman–Crippen MR) is 112 cm³/mol. The summed E-state index contributed by atoms with van der Waals surface area (Å²) in [7, 11) is 3.59. The summed E-state index contributed by atoms with van der Waals surface area (Å²) in [5, 5.41) is 0. The van der Waals surface area contributed by atoms with E-state index in [0.29, 0.717) is 42.1 Å². The number of methoxy groups -OCH3 is 1. The minimum absolute atomic E-state index is 0.0510. The van der Waals surface area contributed by atoms with Crippen molar-refractivity contribution in [1.29, 1.82) is 0 Å². The molecule has 29 heavy (non-hydrogen) atoms. The maximum Gasteiger partial charge on any atom is 0.253 e. The summed E-state index contributed by atoms with van der Waals surface area (Å²) in [6, 6.07) is 7.35. The van der Waals surface area contributed by atoms with Gasteiger partial charge in [-0.1, -0.05) is 19.9 Å². The van der Waals surface area contributed by atoms with Crippen molar-refractivity contribution in [2.24, 2.45) is 17.8 Å². The van der Waals surface area contributed by atoms with Gasteiger partial charge in [-0.15, -0.1) is 0 Å². The van der Waals surface area contributed by atoms with Gasteiger partial charge in [-0.3, -0.25) is 9.59 Å². The van der Waals surface area contributed by atoms with Crippen molar-refractivity contribution in [2.75, 3.05) is 46.9 Å². The first-order valence-electron chi connectivity index (χ1n) is 10.8. The number of carbonyl (C=O) groups excluding carboxylic acids is 2. The molecule has 0 aliphatic carbocycles. The molecule has 3 fully saturated rings. The predicted octanol–water partition coefficient (Wildman–Crippen LogP) is 2.35. The van der Waals surface area contributed by atoms with Crippen molar-refractivity contribution < 1.29 is 14.3 Å². The number of ether oxygens (including phenoxy) is 1. The van der Waals surface area contributed by atoms with Gasteiger partial charge in [0.05, 0.1) is 18.6 Å². The summed E-state index contributed by atoms with van der Waals surface area (Å²) in [5.41, 5.74) is 0.566. The SMILES string of the molecule is COc1cccc(C(=O)N2CCC3(CC2)[C@@H]2CN(CC(C)C)C[C@@H]2C(=O)N3C)c1. The number of likely N-dealkylation sites (tertiary alicyclic amines) is 3. The van der Waals surface area contributed by atoms with Crippen molar-refractivity contribution in [2.45, 2.75) is 32.2 Å². The Kier molecular flexibility index (Phi) is 5.32. The van der Waals surface area contributed by atoms with Crippen LogP contribution in [0.25, 0.3) is 0 Å². The molecule has 3 aliphatic heterocycles. The molecule has 0 N–H and O–H groups in total. The zero-order chi connectivity index (χ0) is 20.8. The van der Waals surface area contributed by atoms with Gasteiger partial charge in [0.1, 0.15) is 5.75 Å². The minimum atomic E-state index is -0.0986. The number of amides is 2. The molecule has 6 heteroatoms. The average Bonchev–Trinajstić information content (AvgIpc) is 3.22. The maximum atomic E-state index is 13.0. The fourth-order valence-corrected chi connectivity index (χ4v) is 5.80. The normalized spacial score (nSPS) is 26.4. The lowest BCUT2D eigenvalue weighted by Gasteiger charge is -2.46. The van der Waals surface area contributed by atoms with E-state index in [1.165, 1.54) is 0 Å². The van der Waals surface area contributed by atoms with Gasteiger partial charge in [0.25, 0.3) is 5.91 Å². The lowest BCUT2D eigenvalue weighted by molar-refractivity contribution is -0.133. The van der Waals surface area contributed by atoms with E-state index in [9.17, 15) is 9.59 Å². The molecule has 0 saturated carbocycles. The van der Waals surface area contributed by atoms with Crippen molar-refractivity contribution in [3.63, 3.8) is 0 Å². The number of nitrogens with zero attached hydrogens (tertiary/aromatic N) is 3. The summed E-state index contributed by atoms with van der Waals surface area (Å²) in [6.45, 7) is 8.81. The Morgan fingerprint density at radius 2 is 1.97 bits per heavy atom. The van der Waals surface area contributed by atoms with Crippen LogP contribution in [-0.4, -0.2) is 78.9 Å². The van der Waals surface area contributed by atoms with Crippen LogP contribution in [0.1, 0.15) is 37.0 Å². The second-order valence-electron chi connectivity index (χ2n) is 9.35. The largest absolute Gasteiger partial charge is 0.497 e. The quantitative estimate of drug-likeness (QED) is 0.780. The molecule has 0 bridgehead atoms. The number of benzene rings is 1. The van der Waals surface area contributed by atoms with Crippen LogP contribution >= 0.6 is 0 Å². The molecule has 158 valence electrons. The number of fused-ring (bicyclic) bond motifs is 2. The number of rotatable bonds is 4. The highest BCUT2D eigenvalue weighted by Gasteiger charge is 2.60. The number of hydrogen-bond acceptors (Lipinski definition) is 4. The van der Waals surface area contributed by atoms with E-state index in [4.69, 9.17) is 4.74 Å². The molecule has 1 aromatic carbocycles. The van der Waals surface area contributed by atoms with Crippen LogP contribution in [-0.2, 0) is 4.79 Å². The van der Waals surface area contributed by atoms with E-state index >= 15 is 0 Å². The van der Waals surface area contributed by atoms with Gasteiger partial charge in [0, 0.05) is 51.3 Å². The molecule has 3 heterocycles. The third-order valence-electron chi connectivity index (χ3n) is 7.26. The van der Waals surface area contributed by atoms with Crippen molar-refractivity contribution in [3.8, 4) is 5.75 Å². The molecular formula is C23H33N3O3. The van der Waals surface area contributed by atoms with Crippen LogP contribution in [0, 0.1) is 17.8 Å². The second-order valence-corrected chi connectivity index (χ2v) is 9.35. The van der Waals surface area contributed by atoms with E-state index in [0.717, 1.165) is 32.5 Å². The molecule has 2 amide bonds. The van der Waals surface area contributed by atoms with E-state index in [-0.39, 0.29) is 17.4 Å². The molecule has 4 rings (SSSR count). The van der Waals surface area contributed by atoms with Gasteiger partial charge < -0.3 is 19.4 Å². The van der Waals surface area contributed by atoms with Crippen LogP contribution in [0.4, 0.5) is 0 Å². The molecule has 6 nitrogen and oxygen atoms in total. The van der Waals surface area contributed by atoms with Gasteiger partial charge in [0.2, 0.25) is 5.91 Å². The fourth-order valence-electron chi connectivity index (χ4n) is 5.80. The monoisotopic (exact) mass is 399 g/mol. The molecule has 1 spiro atoms. The first-order valence-corrected chi connectivity index (χ1v) is 10.8. The first-order chi connectivity index (χ1) is 13.9. The van der Waals surface area contributed by atoms with Gasteiger partial charge in [-0.05, 0) is 37.0 Å². The molecule has 1 aromatic rings. The lowest BCUT2D eigenvalue weighted by atomic mass is 9.75. The summed E-state index contributed by atoms with van der Waals surface area (Å²) < 4.78 is 5.26. The van der Waals surface area contributed by atoms with Gasteiger partial charge in [-0.25, -0.2) is 0 Å². The fraction of sp³-hybridized carbons (Fsp3) is 0.652. The molecule has 2 atom stereocenters. The van der Waals surface area contributed by atoms with Gasteiger partial charge in [0.15, 0.2) is 0 Å². The van der Waals surface area contributed by atoms with Crippen LogP contribution in [0.2, 0.25) is 0 Å². The molecule has 0 radical (unpaired) electrons. The molecule has 3 saturated heterocycles. The van der Waals surface area contributed by atoms with E-state index < -0.39 is 0 Å². The summed E-state index contributed by atoms with van der Waals surface area (Å²) in [5.74, 6) is 2.17. The minimum Gasteiger partial charge on any atom is -0.497 e. The Balaban J connectivity index is 1.47. The Morgan fingerprint density at radius 1 is 1.24 bits per heavy atom. The number of hydrogen-bond donors (Lipinski definition) is 0.